The molecule has 0 fully saturated rings. The number of fused-ring (bicyclic) bond motifs is 2. The Kier molecular flexibility index (Phi) is 31.1. The summed E-state index contributed by atoms with van der Waals surface area (Å²) in [5.41, 5.74) is 0.204. The minimum Gasteiger partial charge on any atom is -0.491 e. The van der Waals surface area contributed by atoms with Crippen molar-refractivity contribution in [1.29, 1.82) is 0 Å². The maximum absolute atomic E-state index is 13.0. The Morgan fingerprint density at radius 1 is 0.639 bits per heavy atom. The van der Waals surface area contributed by atoms with Crippen LogP contribution in [0.5, 0.6) is 5.75 Å². The number of aldehydes is 1. The van der Waals surface area contributed by atoms with Crippen LogP contribution in [0.4, 0.5) is 39.1 Å². The number of aromatic amines is 1. The Labute approximate surface area is 492 Å². The van der Waals surface area contributed by atoms with Gasteiger partial charge in [-0.3, -0.25) is 4.79 Å². The van der Waals surface area contributed by atoms with E-state index in [1.54, 1.807) is 30.8 Å². The fourth-order valence-corrected chi connectivity index (χ4v) is 5.34. The molecule has 0 radical (unpaired) electrons. The van der Waals surface area contributed by atoms with Gasteiger partial charge in [0.15, 0.2) is 6.23 Å². The normalized spacial score (nSPS) is 10.7. The third kappa shape index (κ3) is 22.8. The molecule has 0 saturated carbocycles. The van der Waals surface area contributed by atoms with Gasteiger partial charge in [0, 0.05) is 32.0 Å². The van der Waals surface area contributed by atoms with Crippen LogP contribution in [-0.2, 0) is 9.47 Å². The summed E-state index contributed by atoms with van der Waals surface area (Å²) in [6.07, 6.45) is 0.257. The molecule has 0 saturated heterocycles. The number of nitrogens with one attached hydrogen (secondary N) is 1. The van der Waals surface area contributed by atoms with E-state index in [2.05, 4.69) is 25.7 Å². The molecule has 72 heavy (non-hydrogen) atoms. The number of hydrogen-bond acceptors (Lipinski definition) is 11. The quantitative estimate of drug-likeness (QED) is 0.0784. The first kappa shape index (κ1) is 65.6. The number of carbonyl (C=O) groups excluding carboxylic acids is 3. The fourth-order valence-electron chi connectivity index (χ4n) is 5.34. The zero-order chi connectivity index (χ0) is 51.7. The van der Waals surface area contributed by atoms with E-state index in [1.165, 1.54) is 55.6 Å². The summed E-state index contributed by atoms with van der Waals surface area (Å²) < 4.78 is 126. The van der Waals surface area contributed by atoms with Gasteiger partial charge in [0.05, 0.1) is 12.1 Å². The number of carbonyl (C=O) groups is 3. The Balaban J connectivity index is 0.000000452. The molecule has 0 amide bonds. The number of para-hydroxylation sites is 3. The van der Waals surface area contributed by atoms with Crippen molar-refractivity contribution in [3.63, 3.8) is 0 Å². The second-order valence-electron chi connectivity index (χ2n) is 13.7. The van der Waals surface area contributed by atoms with Crippen molar-refractivity contribution in [2.75, 3.05) is 34.0 Å². The van der Waals surface area contributed by atoms with Crippen molar-refractivity contribution < 1.29 is 176 Å². The molecule has 0 spiro atoms. The van der Waals surface area contributed by atoms with E-state index in [0.29, 0.717) is 30.8 Å². The second kappa shape index (κ2) is 34.1. The monoisotopic (exact) mass is 1060 g/mol. The van der Waals surface area contributed by atoms with Crippen molar-refractivity contribution >= 4 is 53.7 Å². The van der Waals surface area contributed by atoms with Crippen LogP contribution in [0.3, 0.4) is 0 Å². The van der Waals surface area contributed by atoms with Gasteiger partial charge in [-0.05, 0) is 103 Å². The van der Waals surface area contributed by atoms with E-state index in [1.807, 2.05) is 48.5 Å². The van der Waals surface area contributed by atoms with E-state index >= 15 is 0 Å². The van der Waals surface area contributed by atoms with Crippen LogP contribution in [0.2, 0.25) is 0 Å². The molecule has 8 rings (SSSR count). The first-order valence-electron chi connectivity index (χ1n) is 20.5. The summed E-state index contributed by atoms with van der Waals surface area (Å²) in [7, 11) is 3.10. The van der Waals surface area contributed by atoms with Crippen molar-refractivity contribution in [3.05, 3.63) is 185 Å². The summed E-state index contributed by atoms with van der Waals surface area (Å²) in [5.74, 6) is -0.873. The van der Waals surface area contributed by atoms with E-state index in [9.17, 15) is 53.4 Å². The largest absolute Gasteiger partial charge is 1.00 e. The Hall–Kier alpha value is -4.42. The van der Waals surface area contributed by atoms with Gasteiger partial charge in [0.1, 0.15) is 64.0 Å². The molecular weight excluding hydrogens is 1020 g/mol. The van der Waals surface area contributed by atoms with Crippen LogP contribution >= 0.6 is 0 Å². The van der Waals surface area contributed by atoms with E-state index < -0.39 is 42.9 Å². The second-order valence-corrected chi connectivity index (χ2v) is 13.7. The van der Waals surface area contributed by atoms with Crippen LogP contribution in [-0.4, -0.2) is 101 Å². The van der Waals surface area contributed by atoms with Gasteiger partial charge >= 0.3 is 117 Å². The minimum absolute atomic E-state index is 0. The topological polar surface area (TPSA) is 171 Å². The molecule has 2 N–H and O–H groups in total. The summed E-state index contributed by atoms with van der Waals surface area (Å²) in [6, 6.07) is 35.0. The summed E-state index contributed by atoms with van der Waals surface area (Å²) in [5, 5.41) is 26.1. The van der Waals surface area contributed by atoms with Crippen LogP contribution in [0.1, 0.15) is 49.8 Å². The molecule has 13 nitrogen and oxygen atoms in total. The molecule has 2 aromatic heterocycles. The maximum Gasteiger partial charge on any atom is 1.00 e. The number of aliphatic hydroxyl groups is 1. The average molecular weight is 1060 g/mol. The molecule has 1 atom stereocenters. The predicted octanol–water partition coefficient (Wildman–Crippen LogP) is 4.04. The Morgan fingerprint density at radius 3 is 1.49 bits per heavy atom. The van der Waals surface area contributed by atoms with Crippen LogP contribution in [0.15, 0.2) is 146 Å². The number of aliphatic hydroxyl groups excluding tert-OH is 1. The number of benzene rings is 6. The molecule has 0 bridgehead atoms. The average Bonchev–Trinajstić information content (AvgIpc) is 4.01. The van der Waals surface area contributed by atoms with Crippen LogP contribution in [0, 0.1) is 17.5 Å². The van der Waals surface area contributed by atoms with Gasteiger partial charge in [-0.15, -0.1) is 5.10 Å². The maximum atomic E-state index is 13.0. The first-order chi connectivity index (χ1) is 33.4. The molecule has 0 aliphatic carbocycles. The molecule has 370 valence electrons. The summed E-state index contributed by atoms with van der Waals surface area (Å²) in [6.45, 7) is -8.39. The molecular formula is C46H43B2F9K2N6O7. The smallest absolute Gasteiger partial charge is 0.491 e. The number of ether oxygens (including phenoxy) is 3. The minimum atomic E-state index is -5.52. The van der Waals surface area contributed by atoms with Crippen molar-refractivity contribution in [2.45, 2.75) is 13.2 Å². The molecule has 26 heteroatoms. The fraction of sp³-hybridized carbons (Fsp3) is 0.152. The van der Waals surface area contributed by atoms with Crippen molar-refractivity contribution in [1.82, 2.24) is 30.4 Å². The van der Waals surface area contributed by atoms with Gasteiger partial charge in [-0.25, -0.2) is 17.9 Å². The van der Waals surface area contributed by atoms with Crippen molar-refractivity contribution in [2.24, 2.45) is 0 Å². The Morgan fingerprint density at radius 2 is 1.06 bits per heavy atom. The first-order valence-corrected chi connectivity index (χ1v) is 20.5. The number of H-pyrrole nitrogens is 1. The molecule has 0 aliphatic rings. The van der Waals surface area contributed by atoms with Gasteiger partial charge in [0.2, 0.25) is 0 Å². The molecule has 2 heterocycles. The van der Waals surface area contributed by atoms with Crippen molar-refractivity contribution in [3.8, 4) is 5.75 Å². The van der Waals surface area contributed by atoms with Gasteiger partial charge in [-0.1, -0.05) is 65.9 Å². The molecule has 6 aromatic carbocycles. The molecule has 1 unspecified atom stereocenters. The predicted molar refractivity (Wildman–Crippen MR) is 245 cm³/mol. The van der Waals surface area contributed by atoms with E-state index in [-0.39, 0.29) is 127 Å². The number of methoxy groups -OCH3 is 2. The van der Waals surface area contributed by atoms with Crippen LogP contribution < -0.4 is 108 Å². The SMILES string of the molecule is CCO.COC(c1ccc(F)cc1)n1nnc2ccccc21.COCCOc1ccc(C(=O)[B-](F)(F)F)cc1.O=C(c1ccc(F)cc1)[B-](F)(F)F.O=Cc1ccc(F)cc1.[K+].[K+].c1ccc2n[nH]nc2c1. The number of nitrogens with zero attached hydrogens (tertiary/aromatic N) is 5. The number of rotatable bonds is 12. The molecule has 8 aromatic rings. The zero-order valence-electron chi connectivity index (χ0n) is 39.3. The standard InChI is InChI=1S/C14H12FN3O.C10H11BF3O3.C7H4BF4O.C7H5FO.C6H5N3.C2H6O.2K/c1-19-14(10-6-8-11(15)9-7-10)18-13-5-3-2-4-12(13)16-17-18;1-16-6-7-17-9-4-2-8(3-5-9)10(15)11(12,13)14;9-6-3-1-5(2-4-6)7(13)8(10,11)12;8-7-3-1-6(5-9)2-4-7;1-2-4-6-5(3-1)7-9-8-6;1-2-3;;/h2-9,14H,1H3;2-5H,6-7H2,1H3;1-4H;1-5H;1-4H,(H,7,8,9);3H,2H2,1H3;;/q;2*-1;;;;2*+1. The van der Waals surface area contributed by atoms with Gasteiger partial charge in [0.25, 0.3) is 0 Å². The third-order valence-electron chi connectivity index (χ3n) is 8.62. The zero-order valence-corrected chi connectivity index (χ0v) is 45.6. The number of hydrogen-bond donors (Lipinski definition) is 2. The van der Waals surface area contributed by atoms with Crippen LogP contribution in [0.25, 0.3) is 22.1 Å². The summed E-state index contributed by atoms with van der Waals surface area (Å²) >= 11 is 0. The Bertz CT molecular complexity index is 2780. The van der Waals surface area contributed by atoms with Gasteiger partial charge < -0.3 is 54.8 Å². The summed E-state index contributed by atoms with van der Waals surface area (Å²) in [4.78, 5) is 31.4. The van der Waals surface area contributed by atoms with E-state index in [0.717, 1.165) is 64.0 Å². The molecule has 0 aliphatic heterocycles. The number of aromatic nitrogens is 6. The third-order valence-corrected chi connectivity index (χ3v) is 8.62. The van der Waals surface area contributed by atoms with Gasteiger partial charge in [-0.2, -0.15) is 15.4 Å². The number of halogens is 9. The van der Waals surface area contributed by atoms with E-state index in [4.69, 9.17) is 19.3 Å².